The molecule has 4 saturated carbocycles. The molecule has 6 nitrogen and oxygen atoms in total. The fourth-order valence-corrected chi connectivity index (χ4v) is 7.80. The first-order valence-corrected chi connectivity index (χ1v) is 9.62. The number of aliphatic hydroxyl groups is 3. The summed E-state index contributed by atoms with van der Waals surface area (Å²) in [4.78, 5) is 26.5. The first-order chi connectivity index (χ1) is 12.1. The number of esters is 1. The molecule has 2 heterocycles. The Hall–Kier alpha value is -1.24. The summed E-state index contributed by atoms with van der Waals surface area (Å²) in [6, 6.07) is 0. The van der Waals surface area contributed by atoms with Crippen molar-refractivity contribution in [2.75, 3.05) is 0 Å². The fraction of sp³-hybridized carbons (Fsp3) is 0.800. The van der Waals surface area contributed by atoms with Crippen LogP contribution in [0.15, 0.2) is 12.2 Å². The number of Topliss-reactive ketones (excluding diaryl/α,β-unsaturated/α-hetero) is 1. The minimum Gasteiger partial charge on any atom is -0.429 e. The highest BCUT2D eigenvalue weighted by atomic mass is 16.7. The van der Waals surface area contributed by atoms with E-state index in [1.807, 2.05) is 13.8 Å². The van der Waals surface area contributed by atoms with Gasteiger partial charge in [0.15, 0.2) is 5.78 Å². The Morgan fingerprint density at radius 1 is 1.12 bits per heavy atom. The van der Waals surface area contributed by atoms with Crippen molar-refractivity contribution in [3.8, 4) is 0 Å². The monoisotopic (exact) mass is 362 g/mol. The van der Waals surface area contributed by atoms with Gasteiger partial charge in [0.1, 0.15) is 11.5 Å². The second-order valence-corrected chi connectivity index (χ2v) is 9.80. The first kappa shape index (κ1) is 16.9. The van der Waals surface area contributed by atoms with E-state index >= 15 is 0 Å². The molecule has 26 heavy (non-hydrogen) atoms. The highest BCUT2D eigenvalue weighted by molar-refractivity contribution is 6.06. The molecule has 2 aliphatic heterocycles. The first-order valence-electron chi connectivity index (χ1n) is 9.62. The smallest absolute Gasteiger partial charge is 0.315 e. The van der Waals surface area contributed by atoms with Crippen LogP contribution in [0.1, 0.15) is 46.0 Å². The van der Waals surface area contributed by atoms with Crippen LogP contribution >= 0.6 is 0 Å². The quantitative estimate of drug-likeness (QED) is 0.437. The van der Waals surface area contributed by atoms with E-state index in [9.17, 15) is 24.9 Å². The third kappa shape index (κ3) is 1.34. The molecule has 8 atom stereocenters. The van der Waals surface area contributed by atoms with Crippen molar-refractivity contribution in [1.29, 1.82) is 0 Å². The van der Waals surface area contributed by atoms with Gasteiger partial charge in [-0.3, -0.25) is 9.59 Å². The summed E-state index contributed by atoms with van der Waals surface area (Å²) >= 11 is 0. The van der Waals surface area contributed by atoms with Crippen molar-refractivity contribution >= 4 is 11.8 Å². The number of aliphatic hydroxyl groups excluding tert-OH is 2. The Kier molecular flexibility index (Phi) is 2.87. The third-order valence-electron chi connectivity index (χ3n) is 8.65. The van der Waals surface area contributed by atoms with Gasteiger partial charge in [-0.1, -0.05) is 26.8 Å². The van der Waals surface area contributed by atoms with Crippen LogP contribution in [0.2, 0.25) is 0 Å². The molecule has 6 heteroatoms. The van der Waals surface area contributed by atoms with Crippen molar-refractivity contribution in [2.24, 2.45) is 34.0 Å². The highest BCUT2D eigenvalue weighted by Gasteiger charge is 2.88. The average molecular weight is 362 g/mol. The number of carbonyl (C=O) groups is 2. The number of fused-ring (bicyclic) bond motifs is 2. The summed E-state index contributed by atoms with van der Waals surface area (Å²) < 4.78 is 5.46. The minimum atomic E-state index is -2.40. The van der Waals surface area contributed by atoms with Crippen molar-refractivity contribution in [1.82, 2.24) is 0 Å². The summed E-state index contributed by atoms with van der Waals surface area (Å²) in [5.74, 6) is -4.84. The molecule has 0 radical (unpaired) electrons. The summed E-state index contributed by atoms with van der Waals surface area (Å²) in [7, 11) is 0. The lowest BCUT2D eigenvalue weighted by Gasteiger charge is -2.72. The van der Waals surface area contributed by atoms with Gasteiger partial charge >= 0.3 is 5.97 Å². The van der Waals surface area contributed by atoms with E-state index in [1.165, 1.54) is 0 Å². The van der Waals surface area contributed by atoms with Crippen LogP contribution in [0.5, 0.6) is 0 Å². The maximum Gasteiger partial charge on any atom is 0.315 e. The average Bonchev–Trinajstić information content (AvgIpc) is 2.66. The summed E-state index contributed by atoms with van der Waals surface area (Å²) in [5, 5.41) is 33.9. The molecule has 142 valence electrons. The Balaban J connectivity index is 1.83. The fourth-order valence-electron chi connectivity index (χ4n) is 7.80. The summed E-state index contributed by atoms with van der Waals surface area (Å²) in [5.41, 5.74) is -2.83. The zero-order chi connectivity index (χ0) is 18.9. The molecule has 0 aromatic heterocycles. The SMILES string of the molecule is C=C1C(=O)[C@]23[C@H](O)[C@H]1CC[C@H]2[C@]12CCCC(C)(C)[C@H]1[C@H](O)[C@@]3(O)OC2=O. The molecule has 4 bridgehead atoms. The zero-order valence-electron chi connectivity index (χ0n) is 15.2. The maximum atomic E-state index is 13.3. The van der Waals surface area contributed by atoms with E-state index in [2.05, 4.69) is 6.58 Å². The third-order valence-corrected chi connectivity index (χ3v) is 8.65. The molecule has 6 aliphatic rings. The Morgan fingerprint density at radius 2 is 1.81 bits per heavy atom. The lowest BCUT2D eigenvalue weighted by molar-refractivity contribution is -0.414. The van der Waals surface area contributed by atoms with Gasteiger partial charge in [-0.2, -0.15) is 0 Å². The topological polar surface area (TPSA) is 104 Å². The molecule has 0 unspecified atom stereocenters. The van der Waals surface area contributed by atoms with E-state index < -0.39 is 58.3 Å². The van der Waals surface area contributed by atoms with Gasteiger partial charge in [0.25, 0.3) is 5.79 Å². The van der Waals surface area contributed by atoms with Crippen LogP contribution in [0.3, 0.4) is 0 Å². The molecule has 2 spiro atoms. The van der Waals surface area contributed by atoms with E-state index in [1.54, 1.807) is 0 Å². The number of carbonyl (C=O) groups excluding carboxylic acids is 2. The van der Waals surface area contributed by atoms with Crippen LogP contribution in [0, 0.1) is 34.0 Å². The van der Waals surface area contributed by atoms with Gasteiger partial charge in [-0.15, -0.1) is 0 Å². The van der Waals surface area contributed by atoms with Crippen molar-refractivity contribution in [3.05, 3.63) is 12.2 Å². The molecule has 0 aromatic carbocycles. The lowest BCUT2D eigenvalue weighted by Crippen LogP contribution is -2.85. The second-order valence-electron chi connectivity index (χ2n) is 9.80. The molecule has 6 rings (SSSR count). The maximum absolute atomic E-state index is 13.3. The van der Waals surface area contributed by atoms with E-state index in [0.717, 1.165) is 12.8 Å². The van der Waals surface area contributed by atoms with Crippen LogP contribution in [-0.4, -0.2) is 45.1 Å². The largest absolute Gasteiger partial charge is 0.429 e. The molecule has 0 amide bonds. The summed E-state index contributed by atoms with van der Waals surface area (Å²) in [6.45, 7) is 7.87. The van der Waals surface area contributed by atoms with Gasteiger partial charge < -0.3 is 20.1 Å². The van der Waals surface area contributed by atoms with Gasteiger partial charge in [0.2, 0.25) is 0 Å². The van der Waals surface area contributed by atoms with E-state index in [4.69, 9.17) is 4.74 Å². The molecular weight excluding hydrogens is 336 g/mol. The Labute approximate surface area is 152 Å². The predicted octanol–water partition coefficient (Wildman–Crippen LogP) is 0.931. The second kappa shape index (κ2) is 4.42. The predicted molar refractivity (Wildman–Crippen MR) is 89.4 cm³/mol. The highest BCUT2D eigenvalue weighted by Crippen LogP contribution is 2.76. The molecule has 3 N–H and O–H groups in total. The minimum absolute atomic E-state index is 0.284. The van der Waals surface area contributed by atoms with Gasteiger partial charge in [0.05, 0.1) is 11.5 Å². The van der Waals surface area contributed by atoms with E-state index in [0.29, 0.717) is 19.3 Å². The van der Waals surface area contributed by atoms with Gasteiger partial charge in [0, 0.05) is 11.8 Å². The molecule has 2 saturated heterocycles. The summed E-state index contributed by atoms with van der Waals surface area (Å²) in [6.07, 6.45) is 0.634. The zero-order valence-corrected chi connectivity index (χ0v) is 15.2. The number of hydrogen-bond donors (Lipinski definition) is 3. The van der Waals surface area contributed by atoms with Crippen LogP contribution < -0.4 is 0 Å². The number of rotatable bonds is 0. The number of ketones is 1. The lowest BCUT2D eigenvalue weighted by atomic mass is 9.36. The molecule has 0 aromatic rings. The molecule has 4 aliphatic carbocycles. The normalized spacial score (nSPS) is 56.8. The van der Waals surface area contributed by atoms with Crippen LogP contribution in [0.4, 0.5) is 0 Å². The van der Waals surface area contributed by atoms with Crippen molar-refractivity contribution in [3.63, 3.8) is 0 Å². The van der Waals surface area contributed by atoms with Crippen LogP contribution in [-0.2, 0) is 14.3 Å². The van der Waals surface area contributed by atoms with Crippen molar-refractivity contribution in [2.45, 2.75) is 63.9 Å². The van der Waals surface area contributed by atoms with Crippen molar-refractivity contribution < 1.29 is 29.6 Å². The Bertz CT molecular complexity index is 757. The molecular formula is C20H26O6. The van der Waals surface area contributed by atoms with E-state index in [-0.39, 0.29) is 11.0 Å². The van der Waals surface area contributed by atoms with Gasteiger partial charge in [-0.05, 0) is 42.6 Å². The Morgan fingerprint density at radius 3 is 2.50 bits per heavy atom. The standard InChI is InChI=1S/C20H26O6/c1-9-10-5-6-11-18-8-4-7-17(2,3)12(18)15(23)20(25,26-16(18)24)19(11,13(9)21)14(10)22/h10-12,14-15,22-23,25H,1,4-8H2,2-3H3/t10-,11-,12+,14+,15-,18+,19-,20+/m0/s1. The van der Waals surface area contributed by atoms with Crippen LogP contribution in [0.25, 0.3) is 0 Å². The molecule has 6 fully saturated rings. The van der Waals surface area contributed by atoms with Gasteiger partial charge in [-0.25, -0.2) is 0 Å². The number of ether oxygens (including phenoxy) is 1. The number of hydrogen-bond acceptors (Lipinski definition) is 6.